The van der Waals surface area contributed by atoms with Crippen molar-refractivity contribution in [2.45, 2.75) is 19.3 Å². The maximum atomic E-state index is 13.8. The number of carboxylic acid groups (broad SMARTS) is 1. The molecule has 154 valence electrons. The Kier molecular flexibility index (Phi) is 5.17. The third-order valence-electron chi connectivity index (χ3n) is 4.90. The van der Waals surface area contributed by atoms with Crippen LogP contribution >= 0.6 is 11.3 Å². The smallest absolute Gasteiger partial charge is 0.346 e. The average molecular weight is 427 g/mol. The Bertz CT molecular complexity index is 1160. The molecule has 0 bridgehead atoms. The van der Waals surface area contributed by atoms with Crippen molar-refractivity contribution in [2.75, 3.05) is 11.9 Å². The highest BCUT2D eigenvalue weighted by atomic mass is 32.1. The van der Waals surface area contributed by atoms with Crippen molar-refractivity contribution in [1.82, 2.24) is 0 Å². The van der Waals surface area contributed by atoms with Gasteiger partial charge in [-0.25, -0.2) is 9.18 Å². The summed E-state index contributed by atoms with van der Waals surface area (Å²) in [6, 6.07) is 10.5. The van der Waals surface area contributed by atoms with E-state index in [1.54, 1.807) is 25.1 Å². The van der Waals surface area contributed by atoms with Gasteiger partial charge in [0, 0.05) is 22.8 Å². The molecule has 0 saturated heterocycles. The Morgan fingerprint density at radius 1 is 1.30 bits per heavy atom. The zero-order chi connectivity index (χ0) is 21.4. The lowest BCUT2D eigenvalue weighted by molar-refractivity contribution is -0.116. The third-order valence-corrected chi connectivity index (χ3v) is 6.19. The van der Waals surface area contributed by atoms with Crippen LogP contribution in [0.4, 0.5) is 10.1 Å². The number of hydrogen-bond donors (Lipinski definition) is 3. The highest BCUT2D eigenvalue weighted by Crippen LogP contribution is 2.50. The quantitative estimate of drug-likeness (QED) is 0.542. The molecule has 30 heavy (non-hydrogen) atoms. The number of anilines is 1. The molecule has 0 unspecified atom stereocenters. The number of phenols is 1. The minimum Gasteiger partial charge on any atom is -0.504 e. The van der Waals surface area contributed by atoms with Gasteiger partial charge in [0.05, 0.1) is 12.3 Å². The van der Waals surface area contributed by atoms with Crippen molar-refractivity contribution in [1.29, 1.82) is 0 Å². The molecule has 0 spiro atoms. The summed E-state index contributed by atoms with van der Waals surface area (Å²) in [6.07, 6.45) is 0.117. The summed E-state index contributed by atoms with van der Waals surface area (Å²) in [4.78, 5) is 25.2. The molecular formula is C22H18FNO5S. The number of carbonyl (C=O) groups excluding carboxylic acids is 1. The molecule has 1 atom stereocenters. The van der Waals surface area contributed by atoms with Crippen molar-refractivity contribution in [2.24, 2.45) is 0 Å². The lowest BCUT2D eigenvalue weighted by Crippen LogP contribution is -2.22. The Morgan fingerprint density at radius 3 is 2.80 bits per heavy atom. The van der Waals surface area contributed by atoms with Crippen LogP contribution in [0, 0.1) is 5.82 Å². The van der Waals surface area contributed by atoms with Crippen LogP contribution in [-0.2, 0) is 4.79 Å². The number of phenolic OH excluding ortho intramolecular Hbond substituents is 1. The first-order chi connectivity index (χ1) is 14.4. The highest BCUT2D eigenvalue weighted by molar-refractivity contribution is 7.15. The van der Waals surface area contributed by atoms with E-state index in [-0.39, 0.29) is 23.0 Å². The van der Waals surface area contributed by atoms with E-state index in [1.165, 1.54) is 24.3 Å². The van der Waals surface area contributed by atoms with Crippen molar-refractivity contribution in [3.63, 3.8) is 0 Å². The van der Waals surface area contributed by atoms with Crippen molar-refractivity contribution < 1.29 is 28.9 Å². The fourth-order valence-electron chi connectivity index (χ4n) is 3.64. The van der Waals surface area contributed by atoms with Crippen molar-refractivity contribution in [3.05, 3.63) is 63.6 Å². The predicted molar refractivity (Wildman–Crippen MR) is 111 cm³/mol. The molecule has 8 heteroatoms. The summed E-state index contributed by atoms with van der Waals surface area (Å²) in [5, 5.41) is 22.5. The molecule has 1 aliphatic rings. The summed E-state index contributed by atoms with van der Waals surface area (Å²) in [5.74, 6) is -2.06. The number of nitrogens with one attached hydrogen (secondary N) is 1. The molecule has 2 aromatic carbocycles. The zero-order valence-electron chi connectivity index (χ0n) is 15.9. The van der Waals surface area contributed by atoms with E-state index in [4.69, 9.17) is 4.74 Å². The number of carboxylic acids is 1. The molecule has 1 aliphatic heterocycles. The molecule has 6 nitrogen and oxygen atoms in total. The Hall–Kier alpha value is -3.39. The van der Waals surface area contributed by atoms with Gasteiger partial charge in [-0.2, -0.15) is 0 Å². The second-order valence-corrected chi connectivity index (χ2v) is 7.88. The maximum Gasteiger partial charge on any atom is 0.346 e. The molecular weight excluding hydrogens is 409 g/mol. The number of fused-ring (bicyclic) bond motifs is 1. The number of thiophene rings is 1. The van der Waals surface area contributed by atoms with Gasteiger partial charge in [0.15, 0.2) is 11.5 Å². The fraction of sp³-hybridized carbons (Fsp3) is 0.182. The Labute approximate surface area is 175 Å². The van der Waals surface area contributed by atoms with E-state index in [0.29, 0.717) is 34.0 Å². The Balaban J connectivity index is 1.90. The van der Waals surface area contributed by atoms with E-state index >= 15 is 0 Å². The van der Waals surface area contributed by atoms with Crippen LogP contribution < -0.4 is 10.1 Å². The van der Waals surface area contributed by atoms with Gasteiger partial charge in [0.1, 0.15) is 10.7 Å². The van der Waals surface area contributed by atoms with Crippen LogP contribution in [-0.4, -0.2) is 28.7 Å². The fourth-order valence-corrected chi connectivity index (χ4v) is 4.89. The number of carbonyl (C=O) groups is 2. The first-order valence-corrected chi connectivity index (χ1v) is 10.1. The first kappa shape index (κ1) is 19.9. The summed E-state index contributed by atoms with van der Waals surface area (Å²) < 4.78 is 19.3. The average Bonchev–Trinajstić information content (AvgIpc) is 3.09. The van der Waals surface area contributed by atoms with E-state index in [1.807, 2.05) is 0 Å². The number of aromatic carboxylic acids is 1. The number of amides is 1. The molecule has 3 N–H and O–H groups in total. The van der Waals surface area contributed by atoms with Gasteiger partial charge in [-0.15, -0.1) is 11.3 Å². The van der Waals surface area contributed by atoms with Crippen LogP contribution in [0.15, 0.2) is 42.5 Å². The molecule has 0 radical (unpaired) electrons. The van der Waals surface area contributed by atoms with Gasteiger partial charge in [-0.1, -0.05) is 18.2 Å². The van der Waals surface area contributed by atoms with E-state index in [2.05, 4.69) is 5.32 Å². The monoisotopic (exact) mass is 427 g/mol. The molecule has 4 rings (SSSR count). The van der Waals surface area contributed by atoms with Crippen LogP contribution in [0.3, 0.4) is 0 Å². The number of rotatable bonds is 5. The standard InChI is InChI=1S/C22H18FNO5S/c1-2-29-16-9-11(6-7-15(16)25)14-10-17(26)24-19-18(12-4-3-5-13(23)8-12)21(22(27)28)30-20(14)19/h3-9,14,25H,2,10H2,1H3,(H,24,26)(H,27,28)/t14-/m0/s1. The number of hydrogen-bond acceptors (Lipinski definition) is 5. The molecule has 0 fully saturated rings. The number of ether oxygens (including phenoxy) is 1. The van der Waals surface area contributed by atoms with Crippen LogP contribution in [0.5, 0.6) is 11.5 Å². The van der Waals surface area contributed by atoms with E-state index in [9.17, 15) is 24.2 Å². The summed E-state index contributed by atoms with van der Waals surface area (Å²) in [6.45, 7) is 2.15. The second kappa shape index (κ2) is 7.79. The minimum atomic E-state index is -1.15. The number of aromatic hydroxyl groups is 1. The second-order valence-electron chi connectivity index (χ2n) is 6.83. The van der Waals surface area contributed by atoms with E-state index in [0.717, 1.165) is 16.9 Å². The highest BCUT2D eigenvalue weighted by Gasteiger charge is 2.34. The number of halogens is 1. The normalized spacial score (nSPS) is 15.4. The number of benzene rings is 2. The topological polar surface area (TPSA) is 95.9 Å². The SMILES string of the molecule is CCOc1cc([C@@H]2CC(=O)Nc3c2sc(C(=O)O)c3-c2cccc(F)c2)ccc1O. The molecule has 0 saturated carbocycles. The largest absolute Gasteiger partial charge is 0.504 e. The molecule has 2 heterocycles. The maximum absolute atomic E-state index is 13.8. The third kappa shape index (κ3) is 3.50. The van der Waals surface area contributed by atoms with Crippen LogP contribution in [0.2, 0.25) is 0 Å². The molecule has 1 amide bonds. The summed E-state index contributed by atoms with van der Waals surface area (Å²) in [5.41, 5.74) is 1.78. The van der Waals surface area contributed by atoms with Gasteiger partial charge in [-0.05, 0) is 42.3 Å². The zero-order valence-corrected chi connectivity index (χ0v) is 16.8. The summed E-state index contributed by atoms with van der Waals surface area (Å²) in [7, 11) is 0. The van der Waals surface area contributed by atoms with E-state index < -0.39 is 17.7 Å². The van der Waals surface area contributed by atoms with Gasteiger partial charge >= 0.3 is 5.97 Å². The van der Waals surface area contributed by atoms with Crippen LogP contribution in [0.1, 0.15) is 39.4 Å². The first-order valence-electron chi connectivity index (χ1n) is 9.30. The molecule has 1 aromatic heterocycles. The van der Waals surface area contributed by atoms with Gasteiger partial charge in [0.25, 0.3) is 0 Å². The molecule has 0 aliphatic carbocycles. The lowest BCUT2D eigenvalue weighted by atomic mass is 9.88. The van der Waals surface area contributed by atoms with Gasteiger partial charge in [-0.3, -0.25) is 4.79 Å². The van der Waals surface area contributed by atoms with Gasteiger partial charge in [0.2, 0.25) is 5.91 Å². The molecule has 3 aromatic rings. The lowest BCUT2D eigenvalue weighted by Gasteiger charge is -2.24. The summed E-state index contributed by atoms with van der Waals surface area (Å²) >= 11 is 1.06. The van der Waals surface area contributed by atoms with Crippen molar-refractivity contribution in [3.8, 4) is 22.6 Å². The van der Waals surface area contributed by atoms with Crippen LogP contribution in [0.25, 0.3) is 11.1 Å². The Morgan fingerprint density at radius 2 is 2.10 bits per heavy atom. The predicted octanol–water partition coefficient (Wildman–Crippen LogP) is 4.83. The van der Waals surface area contributed by atoms with Crippen molar-refractivity contribution >= 4 is 28.9 Å². The minimum absolute atomic E-state index is 0.0149. The van der Waals surface area contributed by atoms with Gasteiger partial charge < -0.3 is 20.3 Å².